The van der Waals surface area contributed by atoms with Crippen LogP contribution in [-0.2, 0) is 19.5 Å². The number of rotatable bonds is 5. The Morgan fingerprint density at radius 1 is 1.00 bits per heavy atom. The van der Waals surface area contributed by atoms with Gasteiger partial charge in [-0.3, -0.25) is 14.3 Å². The predicted octanol–water partition coefficient (Wildman–Crippen LogP) is 2.72. The maximum atomic E-state index is 13.1. The maximum Gasteiger partial charge on any atom is 0.258 e. The van der Waals surface area contributed by atoms with E-state index in [4.69, 9.17) is 9.47 Å². The van der Waals surface area contributed by atoms with E-state index in [0.29, 0.717) is 19.6 Å². The number of aromatic nitrogens is 2. The molecule has 0 saturated carbocycles. The lowest BCUT2D eigenvalue weighted by Crippen LogP contribution is -2.38. The van der Waals surface area contributed by atoms with E-state index in [-0.39, 0.29) is 5.56 Å². The van der Waals surface area contributed by atoms with Crippen molar-refractivity contribution in [1.29, 1.82) is 0 Å². The molecular weight excluding hydrogens is 390 g/mol. The van der Waals surface area contributed by atoms with Crippen molar-refractivity contribution < 1.29 is 9.47 Å². The summed E-state index contributed by atoms with van der Waals surface area (Å²) in [6, 6.07) is 15.4. The highest BCUT2D eigenvalue weighted by molar-refractivity contribution is 5.38. The van der Waals surface area contributed by atoms with Crippen molar-refractivity contribution in [2.45, 2.75) is 19.5 Å². The number of fused-ring (bicyclic) bond motifs is 1. The molecule has 0 bridgehead atoms. The quantitative estimate of drug-likeness (QED) is 0.600. The Hall–Kier alpha value is -3.56. The van der Waals surface area contributed by atoms with Crippen LogP contribution in [0.4, 0.5) is 0 Å². The molecule has 0 amide bonds. The van der Waals surface area contributed by atoms with Gasteiger partial charge >= 0.3 is 0 Å². The Kier molecular flexibility index (Phi) is 6.34. The molecule has 2 aromatic carbocycles. The van der Waals surface area contributed by atoms with Crippen LogP contribution in [0.1, 0.15) is 22.4 Å². The molecule has 6 nitrogen and oxygen atoms in total. The first-order valence-corrected chi connectivity index (χ1v) is 10.2. The molecule has 2 heterocycles. The van der Waals surface area contributed by atoms with Crippen molar-refractivity contribution in [2.75, 3.05) is 27.3 Å². The average molecular weight is 415 g/mol. The van der Waals surface area contributed by atoms with Gasteiger partial charge in [-0.1, -0.05) is 24.0 Å². The summed E-state index contributed by atoms with van der Waals surface area (Å²) in [6.07, 6.45) is 2.42. The molecule has 0 fully saturated rings. The monoisotopic (exact) mass is 415 g/mol. The van der Waals surface area contributed by atoms with E-state index < -0.39 is 0 Å². The first-order valence-electron chi connectivity index (χ1n) is 10.2. The number of ether oxygens (including phenoxy) is 2. The highest BCUT2D eigenvalue weighted by Crippen LogP contribution is 2.15. The van der Waals surface area contributed by atoms with Gasteiger partial charge in [-0.25, -0.2) is 4.98 Å². The minimum Gasteiger partial charge on any atom is -0.497 e. The van der Waals surface area contributed by atoms with E-state index in [1.54, 1.807) is 25.1 Å². The van der Waals surface area contributed by atoms with Crippen LogP contribution in [0.3, 0.4) is 0 Å². The first kappa shape index (κ1) is 20.7. The standard InChI is InChI=1S/C25H25N3O3/c1-30-21-9-5-19(6-10-21)4-3-14-27-15-13-24-23(17-27)25(29)28(18-26-24)16-20-7-11-22(31-2)12-8-20/h5-12,18H,13-17H2,1-2H3. The third-order valence-corrected chi connectivity index (χ3v) is 5.40. The lowest BCUT2D eigenvalue weighted by Gasteiger charge is -2.26. The molecule has 158 valence electrons. The van der Waals surface area contributed by atoms with Crippen LogP contribution < -0.4 is 15.0 Å². The van der Waals surface area contributed by atoms with E-state index in [2.05, 4.69) is 21.7 Å². The van der Waals surface area contributed by atoms with Gasteiger partial charge in [0, 0.05) is 25.1 Å². The third kappa shape index (κ3) is 4.96. The Balaban J connectivity index is 1.44. The molecular formula is C25H25N3O3. The van der Waals surface area contributed by atoms with Gasteiger partial charge in [-0.2, -0.15) is 0 Å². The minimum absolute atomic E-state index is 0.0219. The second-order valence-corrected chi connectivity index (χ2v) is 7.44. The normalized spacial score (nSPS) is 13.1. The molecule has 0 unspecified atom stereocenters. The first-order chi connectivity index (χ1) is 15.2. The van der Waals surface area contributed by atoms with Crippen LogP contribution in [0.2, 0.25) is 0 Å². The molecule has 1 aromatic heterocycles. The summed E-state index contributed by atoms with van der Waals surface area (Å²) >= 11 is 0. The molecule has 0 spiro atoms. The van der Waals surface area contributed by atoms with Crippen LogP contribution in [0.15, 0.2) is 59.7 Å². The number of benzene rings is 2. The van der Waals surface area contributed by atoms with Crippen LogP contribution in [0.5, 0.6) is 11.5 Å². The summed E-state index contributed by atoms with van der Waals surface area (Å²) in [5, 5.41) is 0. The molecule has 4 rings (SSSR count). The average Bonchev–Trinajstić information content (AvgIpc) is 2.82. The zero-order valence-electron chi connectivity index (χ0n) is 17.8. The Labute approximate surface area is 182 Å². The molecule has 0 N–H and O–H groups in total. The predicted molar refractivity (Wildman–Crippen MR) is 119 cm³/mol. The van der Waals surface area contributed by atoms with Crippen LogP contribution >= 0.6 is 0 Å². The highest BCUT2D eigenvalue weighted by atomic mass is 16.5. The zero-order chi connectivity index (χ0) is 21.6. The Morgan fingerprint density at radius 3 is 2.35 bits per heavy atom. The van der Waals surface area contributed by atoms with Crippen molar-refractivity contribution in [3.8, 4) is 23.3 Å². The second kappa shape index (κ2) is 9.50. The second-order valence-electron chi connectivity index (χ2n) is 7.44. The summed E-state index contributed by atoms with van der Waals surface area (Å²) in [7, 11) is 3.29. The molecule has 3 aromatic rings. The fourth-order valence-electron chi connectivity index (χ4n) is 3.61. The van der Waals surface area contributed by atoms with Crippen LogP contribution in [-0.4, -0.2) is 41.8 Å². The molecule has 1 aliphatic heterocycles. The van der Waals surface area contributed by atoms with E-state index in [9.17, 15) is 4.79 Å². The smallest absolute Gasteiger partial charge is 0.258 e. The Morgan fingerprint density at radius 2 is 1.68 bits per heavy atom. The molecule has 0 saturated heterocycles. The van der Waals surface area contributed by atoms with Gasteiger partial charge in [-0.15, -0.1) is 0 Å². The van der Waals surface area contributed by atoms with E-state index in [1.165, 1.54) is 0 Å². The lowest BCUT2D eigenvalue weighted by molar-refractivity contribution is 0.280. The molecule has 1 aliphatic rings. The number of methoxy groups -OCH3 is 2. The molecule has 6 heteroatoms. The van der Waals surface area contributed by atoms with Crippen molar-refractivity contribution in [3.63, 3.8) is 0 Å². The summed E-state index contributed by atoms with van der Waals surface area (Å²) in [5.74, 6) is 8.01. The van der Waals surface area contributed by atoms with E-state index in [0.717, 1.165) is 46.8 Å². The number of hydrogen-bond acceptors (Lipinski definition) is 5. The Bertz CT molecular complexity index is 1160. The molecule has 0 atom stereocenters. The minimum atomic E-state index is 0.0219. The number of nitrogens with zero attached hydrogens (tertiary/aromatic N) is 3. The molecule has 0 aliphatic carbocycles. The molecule has 31 heavy (non-hydrogen) atoms. The van der Waals surface area contributed by atoms with Crippen molar-refractivity contribution in [2.24, 2.45) is 0 Å². The maximum absolute atomic E-state index is 13.1. The van der Waals surface area contributed by atoms with E-state index >= 15 is 0 Å². The van der Waals surface area contributed by atoms with Crippen molar-refractivity contribution in [1.82, 2.24) is 14.5 Å². The number of hydrogen-bond donors (Lipinski definition) is 0. The highest BCUT2D eigenvalue weighted by Gasteiger charge is 2.20. The van der Waals surface area contributed by atoms with Gasteiger partial charge in [-0.05, 0) is 42.0 Å². The van der Waals surface area contributed by atoms with Gasteiger partial charge in [0.1, 0.15) is 11.5 Å². The third-order valence-electron chi connectivity index (χ3n) is 5.40. The van der Waals surface area contributed by atoms with Gasteiger partial charge in [0.05, 0.1) is 44.9 Å². The van der Waals surface area contributed by atoms with Gasteiger partial charge in [0.2, 0.25) is 0 Å². The van der Waals surface area contributed by atoms with E-state index in [1.807, 2.05) is 48.5 Å². The fourth-order valence-corrected chi connectivity index (χ4v) is 3.61. The van der Waals surface area contributed by atoms with Crippen LogP contribution in [0.25, 0.3) is 0 Å². The van der Waals surface area contributed by atoms with Crippen molar-refractivity contribution in [3.05, 3.63) is 87.6 Å². The topological polar surface area (TPSA) is 56.6 Å². The fraction of sp³-hybridized carbons (Fsp3) is 0.280. The largest absolute Gasteiger partial charge is 0.497 e. The lowest BCUT2D eigenvalue weighted by atomic mass is 10.1. The van der Waals surface area contributed by atoms with Gasteiger partial charge in [0.15, 0.2) is 0 Å². The summed E-state index contributed by atoms with van der Waals surface area (Å²) in [5.41, 5.74) is 3.67. The summed E-state index contributed by atoms with van der Waals surface area (Å²) in [6.45, 7) is 2.51. The summed E-state index contributed by atoms with van der Waals surface area (Å²) in [4.78, 5) is 19.8. The van der Waals surface area contributed by atoms with Crippen molar-refractivity contribution >= 4 is 0 Å². The van der Waals surface area contributed by atoms with Gasteiger partial charge in [0.25, 0.3) is 5.56 Å². The SMILES string of the molecule is COc1ccc(C#CCN2CCc3ncn(Cc4ccc(OC)cc4)c(=O)c3C2)cc1. The van der Waals surface area contributed by atoms with Crippen LogP contribution in [0, 0.1) is 11.8 Å². The summed E-state index contributed by atoms with van der Waals surface area (Å²) < 4.78 is 12.0. The van der Waals surface area contributed by atoms with Gasteiger partial charge < -0.3 is 9.47 Å². The molecule has 0 radical (unpaired) electrons. The zero-order valence-corrected chi connectivity index (χ0v) is 17.8.